The third-order valence-electron chi connectivity index (χ3n) is 3.06. The van der Waals surface area contributed by atoms with E-state index in [4.69, 9.17) is 16.3 Å². The van der Waals surface area contributed by atoms with E-state index in [-0.39, 0.29) is 0 Å². The molecule has 0 aliphatic heterocycles. The van der Waals surface area contributed by atoms with Crippen LogP contribution >= 0.6 is 11.6 Å². The van der Waals surface area contributed by atoms with Gasteiger partial charge in [0.05, 0.1) is 6.10 Å². The zero-order valence-electron chi connectivity index (χ0n) is 9.45. The maximum absolute atomic E-state index is 5.84. The van der Waals surface area contributed by atoms with Gasteiger partial charge in [-0.15, -0.1) is 0 Å². The normalized spacial score (nSPS) is 25.4. The van der Waals surface area contributed by atoms with Gasteiger partial charge in [0.15, 0.2) is 0 Å². The first-order chi connectivity index (χ1) is 7.78. The molecule has 2 rings (SSSR count). The van der Waals surface area contributed by atoms with Crippen molar-refractivity contribution in [2.24, 2.45) is 0 Å². The molecule has 1 N–H and O–H groups in total. The molecule has 88 valence electrons. The van der Waals surface area contributed by atoms with Gasteiger partial charge in [0, 0.05) is 25.0 Å². The van der Waals surface area contributed by atoms with Crippen molar-refractivity contribution < 1.29 is 4.74 Å². The first-order valence-electron chi connectivity index (χ1n) is 5.69. The number of anilines is 1. The molecule has 16 heavy (non-hydrogen) atoms. The summed E-state index contributed by atoms with van der Waals surface area (Å²) in [5.41, 5.74) is 1.04. The number of pyridine rings is 1. The fourth-order valence-corrected chi connectivity index (χ4v) is 2.39. The minimum Gasteiger partial charge on any atom is -0.382 e. The highest BCUT2D eigenvalue weighted by Crippen LogP contribution is 2.24. The fraction of sp³-hybridized carbons (Fsp3) is 0.583. The Morgan fingerprint density at radius 2 is 2.38 bits per heavy atom. The Hall–Kier alpha value is -0.800. The van der Waals surface area contributed by atoms with Crippen LogP contribution in [0.1, 0.15) is 25.7 Å². The summed E-state index contributed by atoms with van der Waals surface area (Å²) >= 11 is 5.84. The first kappa shape index (κ1) is 11.7. The van der Waals surface area contributed by atoms with Gasteiger partial charge in [-0.3, -0.25) is 0 Å². The van der Waals surface area contributed by atoms with Crippen LogP contribution in [-0.2, 0) is 4.74 Å². The van der Waals surface area contributed by atoms with Crippen LogP contribution in [0.25, 0.3) is 0 Å². The summed E-state index contributed by atoms with van der Waals surface area (Å²) in [6.45, 7) is 0. The van der Waals surface area contributed by atoms with E-state index in [0.29, 0.717) is 17.3 Å². The van der Waals surface area contributed by atoms with Crippen molar-refractivity contribution in [1.82, 2.24) is 4.98 Å². The second-order valence-electron chi connectivity index (χ2n) is 4.23. The molecule has 3 nitrogen and oxygen atoms in total. The number of nitrogens with one attached hydrogen (secondary N) is 1. The van der Waals surface area contributed by atoms with Crippen LogP contribution in [0.5, 0.6) is 0 Å². The van der Waals surface area contributed by atoms with Gasteiger partial charge >= 0.3 is 0 Å². The summed E-state index contributed by atoms with van der Waals surface area (Å²) in [6.07, 6.45) is 6.77. The fourth-order valence-electron chi connectivity index (χ4n) is 2.22. The van der Waals surface area contributed by atoms with Crippen molar-refractivity contribution in [1.29, 1.82) is 0 Å². The minimum absolute atomic E-state index is 0.392. The molecule has 1 saturated carbocycles. The highest BCUT2D eigenvalue weighted by Gasteiger charge is 2.21. The number of halogens is 1. The van der Waals surface area contributed by atoms with Crippen LogP contribution in [0, 0.1) is 0 Å². The highest BCUT2D eigenvalue weighted by molar-refractivity contribution is 6.29. The Labute approximate surface area is 101 Å². The quantitative estimate of drug-likeness (QED) is 0.825. The van der Waals surface area contributed by atoms with E-state index in [0.717, 1.165) is 12.1 Å². The molecule has 0 aromatic carbocycles. The number of hydrogen-bond acceptors (Lipinski definition) is 3. The van der Waals surface area contributed by atoms with Crippen molar-refractivity contribution in [3.63, 3.8) is 0 Å². The van der Waals surface area contributed by atoms with E-state index >= 15 is 0 Å². The molecule has 0 amide bonds. The Morgan fingerprint density at radius 3 is 3.12 bits per heavy atom. The number of nitrogens with zero attached hydrogens (tertiary/aromatic N) is 1. The highest BCUT2D eigenvalue weighted by atomic mass is 35.5. The molecule has 0 spiro atoms. The average Bonchev–Trinajstić information content (AvgIpc) is 2.29. The maximum Gasteiger partial charge on any atom is 0.131 e. The molecular weight excluding hydrogens is 224 g/mol. The third-order valence-corrected chi connectivity index (χ3v) is 3.26. The smallest absolute Gasteiger partial charge is 0.131 e. The third kappa shape index (κ3) is 3.09. The molecule has 1 heterocycles. The number of ether oxygens (including phenoxy) is 1. The van der Waals surface area contributed by atoms with Crippen LogP contribution in [-0.4, -0.2) is 24.2 Å². The lowest BCUT2D eigenvalue weighted by Crippen LogP contribution is -2.30. The topological polar surface area (TPSA) is 34.1 Å². The average molecular weight is 241 g/mol. The molecule has 0 bridgehead atoms. The van der Waals surface area contributed by atoms with Crippen LogP contribution in [0.15, 0.2) is 18.3 Å². The van der Waals surface area contributed by atoms with Gasteiger partial charge in [-0.2, -0.15) is 0 Å². The summed E-state index contributed by atoms with van der Waals surface area (Å²) in [5.74, 6) is 0. The van der Waals surface area contributed by atoms with E-state index in [1.54, 1.807) is 13.3 Å². The number of methoxy groups -OCH3 is 1. The molecule has 1 aromatic rings. The lowest BCUT2D eigenvalue weighted by atomic mass is 9.93. The molecule has 1 aliphatic carbocycles. The largest absolute Gasteiger partial charge is 0.382 e. The van der Waals surface area contributed by atoms with Gasteiger partial charge in [0.25, 0.3) is 0 Å². The van der Waals surface area contributed by atoms with Crippen molar-refractivity contribution >= 4 is 17.3 Å². The lowest BCUT2D eigenvalue weighted by molar-refractivity contribution is 0.0669. The zero-order valence-corrected chi connectivity index (χ0v) is 10.2. The summed E-state index contributed by atoms with van der Waals surface area (Å²) in [4.78, 5) is 3.96. The summed E-state index contributed by atoms with van der Waals surface area (Å²) in [6, 6.07) is 4.29. The van der Waals surface area contributed by atoms with Crippen LogP contribution in [0.2, 0.25) is 5.15 Å². The Balaban J connectivity index is 1.94. The van der Waals surface area contributed by atoms with E-state index in [1.807, 2.05) is 12.1 Å². The molecule has 4 heteroatoms. The Kier molecular flexibility index (Phi) is 4.02. The number of aromatic nitrogens is 1. The minimum atomic E-state index is 0.392. The van der Waals surface area contributed by atoms with Crippen molar-refractivity contribution in [3.8, 4) is 0 Å². The number of hydrogen-bond donors (Lipinski definition) is 1. The van der Waals surface area contributed by atoms with Gasteiger partial charge in [-0.05, 0) is 37.8 Å². The van der Waals surface area contributed by atoms with E-state index in [1.165, 1.54) is 19.3 Å². The van der Waals surface area contributed by atoms with Gasteiger partial charge in [-0.1, -0.05) is 11.6 Å². The maximum atomic E-state index is 5.84. The predicted octanol–water partition coefficient (Wildman–Crippen LogP) is 3.10. The monoisotopic (exact) mass is 240 g/mol. The Bertz CT molecular complexity index is 346. The summed E-state index contributed by atoms with van der Waals surface area (Å²) < 4.78 is 5.40. The first-order valence-corrected chi connectivity index (χ1v) is 6.06. The molecular formula is C12H17ClN2O. The summed E-state index contributed by atoms with van der Waals surface area (Å²) in [7, 11) is 1.79. The van der Waals surface area contributed by atoms with Crippen molar-refractivity contribution in [3.05, 3.63) is 23.5 Å². The lowest BCUT2D eigenvalue weighted by Gasteiger charge is -2.29. The van der Waals surface area contributed by atoms with Crippen LogP contribution in [0.4, 0.5) is 5.69 Å². The van der Waals surface area contributed by atoms with Crippen molar-refractivity contribution in [2.45, 2.75) is 37.8 Å². The van der Waals surface area contributed by atoms with Gasteiger partial charge in [0.2, 0.25) is 0 Å². The second kappa shape index (κ2) is 5.51. The molecule has 1 aliphatic rings. The molecule has 1 fully saturated rings. The molecule has 0 saturated heterocycles. The molecule has 2 unspecified atom stereocenters. The van der Waals surface area contributed by atoms with Gasteiger partial charge in [-0.25, -0.2) is 4.98 Å². The number of rotatable bonds is 3. The second-order valence-corrected chi connectivity index (χ2v) is 4.62. The SMILES string of the molecule is COC1CCCC(Nc2ccnc(Cl)c2)C1. The standard InChI is InChI=1S/C12H17ClN2O/c1-16-11-4-2-3-9(7-11)15-10-5-6-14-12(13)8-10/h5-6,8-9,11H,2-4,7H2,1H3,(H,14,15). The van der Waals surface area contributed by atoms with Crippen molar-refractivity contribution in [2.75, 3.05) is 12.4 Å². The predicted molar refractivity (Wildman–Crippen MR) is 65.9 cm³/mol. The molecule has 1 aromatic heterocycles. The summed E-state index contributed by atoms with van der Waals surface area (Å²) in [5, 5.41) is 4.01. The van der Waals surface area contributed by atoms with Gasteiger partial charge in [0.1, 0.15) is 5.15 Å². The van der Waals surface area contributed by atoms with E-state index < -0.39 is 0 Å². The van der Waals surface area contributed by atoms with E-state index in [2.05, 4.69) is 10.3 Å². The van der Waals surface area contributed by atoms with Crippen LogP contribution in [0.3, 0.4) is 0 Å². The zero-order chi connectivity index (χ0) is 11.4. The molecule has 2 atom stereocenters. The molecule has 0 radical (unpaired) electrons. The van der Waals surface area contributed by atoms with E-state index in [9.17, 15) is 0 Å². The van der Waals surface area contributed by atoms with Gasteiger partial charge < -0.3 is 10.1 Å². The Morgan fingerprint density at radius 1 is 1.50 bits per heavy atom. The van der Waals surface area contributed by atoms with Crippen LogP contribution < -0.4 is 5.32 Å².